The molecule has 1 aliphatic rings. The fourth-order valence-electron chi connectivity index (χ4n) is 2.38. The highest BCUT2D eigenvalue weighted by molar-refractivity contribution is 7.87. The molecular weight excluding hydrogens is 401 g/mol. The molecule has 1 aliphatic heterocycles. The standard InChI is InChI=1S/C13H19Cl2N3O4S.ClH/c1-21-18-23(19,20)17-8-10-7-16-4-5-22-13(10)9-2-3-11(14)12(15)6-9;/h2-3,6,10,13,16-18H,4-5,7-8H2,1H3;1H/t10-,13-;/m0./s1. The molecule has 0 aromatic heterocycles. The van der Waals surface area contributed by atoms with E-state index in [1.807, 2.05) is 11.0 Å². The molecule has 1 saturated heterocycles. The summed E-state index contributed by atoms with van der Waals surface area (Å²) < 4.78 is 31.6. The summed E-state index contributed by atoms with van der Waals surface area (Å²) in [7, 11) is -2.49. The van der Waals surface area contributed by atoms with Gasteiger partial charge in [0.2, 0.25) is 0 Å². The molecule has 0 saturated carbocycles. The number of hydrogen-bond acceptors (Lipinski definition) is 5. The van der Waals surface area contributed by atoms with Crippen molar-refractivity contribution in [3.8, 4) is 0 Å². The van der Waals surface area contributed by atoms with Crippen LogP contribution in [-0.4, -0.2) is 41.8 Å². The second-order valence-corrected chi connectivity index (χ2v) is 7.35. The van der Waals surface area contributed by atoms with Crippen molar-refractivity contribution >= 4 is 45.8 Å². The van der Waals surface area contributed by atoms with Gasteiger partial charge in [0.1, 0.15) is 0 Å². The van der Waals surface area contributed by atoms with Crippen LogP contribution in [-0.2, 0) is 19.8 Å². The highest BCUT2D eigenvalue weighted by Gasteiger charge is 2.28. The third-order valence-electron chi connectivity index (χ3n) is 3.41. The summed E-state index contributed by atoms with van der Waals surface area (Å²) in [6, 6.07) is 5.28. The van der Waals surface area contributed by atoms with Crippen LogP contribution in [0.5, 0.6) is 0 Å². The minimum atomic E-state index is -3.72. The number of rotatable bonds is 6. The maximum atomic E-state index is 11.7. The van der Waals surface area contributed by atoms with Crippen molar-refractivity contribution in [3.05, 3.63) is 33.8 Å². The Bertz CT molecular complexity index is 633. The number of nitrogens with one attached hydrogen (secondary N) is 3. The second kappa shape index (κ2) is 10.1. The van der Waals surface area contributed by atoms with E-state index in [1.54, 1.807) is 12.1 Å². The van der Waals surface area contributed by atoms with Crippen molar-refractivity contribution in [3.63, 3.8) is 0 Å². The fourth-order valence-corrected chi connectivity index (χ4v) is 3.40. The van der Waals surface area contributed by atoms with E-state index in [-0.39, 0.29) is 31.0 Å². The lowest BCUT2D eigenvalue weighted by Crippen LogP contribution is -2.41. The molecule has 0 bridgehead atoms. The molecule has 0 radical (unpaired) electrons. The van der Waals surface area contributed by atoms with Gasteiger partial charge in [0.05, 0.1) is 29.9 Å². The van der Waals surface area contributed by atoms with Crippen molar-refractivity contribution in [1.29, 1.82) is 0 Å². The molecule has 0 unspecified atom stereocenters. The van der Waals surface area contributed by atoms with Crippen LogP contribution in [0.15, 0.2) is 18.2 Å². The third-order valence-corrected chi connectivity index (χ3v) is 5.08. The summed E-state index contributed by atoms with van der Waals surface area (Å²) in [4.78, 5) is 6.34. The van der Waals surface area contributed by atoms with Crippen molar-refractivity contribution in [2.75, 3.05) is 33.4 Å². The third kappa shape index (κ3) is 6.29. The molecule has 3 N–H and O–H groups in total. The lowest BCUT2D eigenvalue weighted by atomic mass is 9.95. The molecular formula is C13H20Cl3N3O4S. The second-order valence-electron chi connectivity index (χ2n) is 5.07. The zero-order chi connectivity index (χ0) is 16.9. The van der Waals surface area contributed by atoms with Crippen LogP contribution in [0.25, 0.3) is 0 Å². The SMILES string of the molecule is CONS(=O)(=O)NC[C@@H]1CNCCO[C@H]1c1ccc(Cl)c(Cl)c1.Cl. The van der Waals surface area contributed by atoms with E-state index in [2.05, 4.69) is 14.9 Å². The van der Waals surface area contributed by atoms with Crippen LogP contribution < -0.4 is 14.9 Å². The minimum absolute atomic E-state index is 0. The zero-order valence-electron chi connectivity index (χ0n) is 12.9. The highest BCUT2D eigenvalue weighted by atomic mass is 35.5. The van der Waals surface area contributed by atoms with Gasteiger partial charge in [-0.05, 0) is 17.7 Å². The van der Waals surface area contributed by atoms with Gasteiger partial charge in [-0.1, -0.05) is 34.2 Å². The highest BCUT2D eigenvalue weighted by Crippen LogP contribution is 2.31. The van der Waals surface area contributed by atoms with E-state index >= 15 is 0 Å². The molecule has 0 amide bonds. The predicted molar refractivity (Wildman–Crippen MR) is 95.8 cm³/mol. The molecule has 2 rings (SSSR count). The topological polar surface area (TPSA) is 88.7 Å². The van der Waals surface area contributed by atoms with Crippen LogP contribution in [0, 0.1) is 5.92 Å². The maximum Gasteiger partial charge on any atom is 0.299 e. The molecule has 1 heterocycles. The molecule has 1 aromatic carbocycles. The monoisotopic (exact) mass is 419 g/mol. The summed E-state index contributed by atoms with van der Waals surface area (Å²) in [5.41, 5.74) is 0.854. The van der Waals surface area contributed by atoms with Crippen LogP contribution in [0.4, 0.5) is 0 Å². The first-order valence-electron chi connectivity index (χ1n) is 6.99. The number of ether oxygens (including phenoxy) is 1. The fraction of sp³-hybridized carbons (Fsp3) is 0.538. The molecule has 24 heavy (non-hydrogen) atoms. The number of hydrogen-bond donors (Lipinski definition) is 3. The Hall–Kier alpha value is -0.160. The van der Waals surface area contributed by atoms with Crippen LogP contribution >= 0.6 is 35.6 Å². The first-order valence-corrected chi connectivity index (χ1v) is 9.23. The Balaban J connectivity index is 0.00000288. The number of halogens is 3. The van der Waals surface area contributed by atoms with Crippen LogP contribution in [0.1, 0.15) is 11.7 Å². The Morgan fingerprint density at radius 2 is 2.12 bits per heavy atom. The van der Waals surface area contributed by atoms with Gasteiger partial charge >= 0.3 is 0 Å². The van der Waals surface area contributed by atoms with Gasteiger partial charge in [0.15, 0.2) is 0 Å². The smallest absolute Gasteiger partial charge is 0.299 e. The Kier molecular flexibility index (Phi) is 9.21. The average Bonchev–Trinajstić information content (AvgIpc) is 2.73. The largest absolute Gasteiger partial charge is 0.372 e. The van der Waals surface area contributed by atoms with E-state index in [0.717, 1.165) is 5.56 Å². The summed E-state index contributed by atoms with van der Waals surface area (Å²) in [6.07, 6.45) is -0.301. The first-order chi connectivity index (χ1) is 10.9. The summed E-state index contributed by atoms with van der Waals surface area (Å²) in [6.45, 7) is 1.99. The summed E-state index contributed by atoms with van der Waals surface area (Å²) in [5.74, 6) is -0.122. The minimum Gasteiger partial charge on any atom is -0.372 e. The normalized spacial score (nSPS) is 21.8. The molecule has 7 nitrogen and oxygen atoms in total. The van der Waals surface area contributed by atoms with E-state index < -0.39 is 10.2 Å². The zero-order valence-corrected chi connectivity index (χ0v) is 16.1. The van der Waals surface area contributed by atoms with Gasteiger partial charge in [-0.25, -0.2) is 4.72 Å². The maximum absolute atomic E-state index is 11.7. The van der Waals surface area contributed by atoms with Gasteiger partial charge < -0.3 is 10.1 Å². The van der Waals surface area contributed by atoms with Gasteiger partial charge in [-0.3, -0.25) is 4.84 Å². The molecule has 11 heteroatoms. The van der Waals surface area contributed by atoms with Crippen LogP contribution in [0.2, 0.25) is 10.0 Å². The van der Waals surface area contributed by atoms with Gasteiger partial charge in [0.25, 0.3) is 10.2 Å². The quantitative estimate of drug-likeness (QED) is 0.609. The van der Waals surface area contributed by atoms with E-state index in [4.69, 9.17) is 27.9 Å². The van der Waals surface area contributed by atoms with E-state index in [9.17, 15) is 8.42 Å². The predicted octanol–water partition coefficient (Wildman–Crippen LogP) is 1.68. The van der Waals surface area contributed by atoms with Crippen molar-refractivity contribution in [2.24, 2.45) is 5.92 Å². The Labute approximate surface area is 157 Å². The van der Waals surface area contributed by atoms with E-state index in [0.29, 0.717) is 29.7 Å². The Morgan fingerprint density at radius 1 is 1.38 bits per heavy atom. The lowest BCUT2D eigenvalue weighted by molar-refractivity contribution is 0.0320. The molecule has 1 fully saturated rings. The average molecular weight is 421 g/mol. The molecule has 138 valence electrons. The molecule has 2 atom stereocenters. The molecule has 0 spiro atoms. The van der Waals surface area contributed by atoms with Crippen LogP contribution in [0.3, 0.4) is 0 Å². The van der Waals surface area contributed by atoms with E-state index in [1.165, 1.54) is 7.11 Å². The molecule has 0 aliphatic carbocycles. The van der Waals surface area contributed by atoms with Crippen molar-refractivity contribution in [1.82, 2.24) is 14.9 Å². The number of benzene rings is 1. The van der Waals surface area contributed by atoms with Gasteiger partial charge in [0, 0.05) is 25.6 Å². The molecule has 1 aromatic rings. The summed E-state index contributed by atoms with van der Waals surface area (Å²) in [5, 5.41) is 4.12. The first kappa shape index (κ1) is 21.9. The lowest BCUT2D eigenvalue weighted by Gasteiger charge is -2.25. The Morgan fingerprint density at radius 3 is 2.79 bits per heavy atom. The summed E-state index contributed by atoms with van der Waals surface area (Å²) >= 11 is 12.0. The van der Waals surface area contributed by atoms with Crippen molar-refractivity contribution in [2.45, 2.75) is 6.10 Å². The van der Waals surface area contributed by atoms with Gasteiger partial charge in [-0.2, -0.15) is 8.42 Å². The van der Waals surface area contributed by atoms with Gasteiger partial charge in [-0.15, -0.1) is 12.4 Å². The van der Waals surface area contributed by atoms with Crippen molar-refractivity contribution < 1.29 is 18.0 Å².